The lowest BCUT2D eigenvalue weighted by Crippen LogP contribution is -2.22. The van der Waals surface area contributed by atoms with Crippen molar-refractivity contribution in [1.82, 2.24) is 14.1 Å². The standard InChI is InChI=1S/C22H19ClN4O2S2/c1-26(2)31(28,29)18-10-11-19(23)20(13-18)24-14-16-15-27(17-7-4-3-5-8-17)25-22(16)21-9-6-12-30-21/h3-15H,1-2H3. The smallest absolute Gasteiger partial charge is 0.242 e. The second-order valence-corrected chi connectivity index (χ2v) is 10.4. The van der Waals surface area contributed by atoms with Crippen molar-refractivity contribution >= 4 is 44.9 Å². The van der Waals surface area contributed by atoms with Crippen molar-refractivity contribution < 1.29 is 8.42 Å². The third-order valence-electron chi connectivity index (χ3n) is 4.56. The van der Waals surface area contributed by atoms with Gasteiger partial charge < -0.3 is 0 Å². The molecule has 4 aromatic rings. The summed E-state index contributed by atoms with van der Waals surface area (Å²) in [6.07, 6.45) is 3.55. The average Bonchev–Trinajstić information content (AvgIpc) is 3.43. The van der Waals surface area contributed by atoms with Crippen LogP contribution < -0.4 is 0 Å². The molecule has 0 bridgehead atoms. The fraction of sp³-hybridized carbons (Fsp3) is 0.0909. The molecule has 0 N–H and O–H groups in total. The number of benzene rings is 2. The molecule has 9 heteroatoms. The van der Waals surface area contributed by atoms with Gasteiger partial charge in [0.1, 0.15) is 5.69 Å². The van der Waals surface area contributed by atoms with Crippen LogP contribution in [0.1, 0.15) is 5.56 Å². The van der Waals surface area contributed by atoms with E-state index in [2.05, 4.69) is 4.99 Å². The van der Waals surface area contributed by atoms with Crippen molar-refractivity contribution in [2.75, 3.05) is 14.1 Å². The first-order valence-electron chi connectivity index (χ1n) is 9.31. The Morgan fingerprint density at radius 2 is 1.87 bits per heavy atom. The van der Waals surface area contributed by atoms with Crippen LogP contribution in [-0.4, -0.2) is 42.8 Å². The molecule has 2 aromatic heterocycles. The van der Waals surface area contributed by atoms with Crippen LogP contribution in [0.2, 0.25) is 5.02 Å². The summed E-state index contributed by atoms with van der Waals surface area (Å²) in [4.78, 5) is 5.64. The molecule has 0 atom stereocenters. The minimum absolute atomic E-state index is 0.132. The number of para-hydroxylation sites is 1. The quantitative estimate of drug-likeness (QED) is 0.361. The van der Waals surface area contributed by atoms with E-state index in [0.29, 0.717) is 10.7 Å². The SMILES string of the molecule is CN(C)S(=O)(=O)c1ccc(Cl)c(N=Cc2cn(-c3ccccc3)nc2-c2cccs2)c1. The summed E-state index contributed by atoms with van der Waals surface area (Å²) < 4.78 is 27.9. The number of aromatic nitrogens is 2. The predicted octanol–water partition coefficient (Wildman–Crippen LogP) is 5.26. The summed E-state index contributed by atoms with van der Waals surface area (Å²) in [5, 5.41) is 7.09. The Labute approximate surface area is 190 Å². The number of rotatable bonds is 6. The zero-order valence-corrected chi connectivity index (χ0v) is 19.2. The van der Waals surface area contributed by atoms with Crippen LogP contribution in [-0.2, 0) is 10.0 Å². The predicted molar refractivity (Wildman–Crippen MR) is 126 cm³/mol. The van der Waals surface area contributed by atoms with E-state index in [0.717, 1.165) is 26.1 Å². The normalized spacial score (nSPS) is 12.1. The minimum atomic E-state index is -3.59. The topological polar surface area (TPSA) is 67.6 Å². The molecule has 0 amide bonds. The Bertz CT molecular complexity index is 1330. The highest BCUT2D eigenvalue weighted by atomic mass is 35.5. The summed E-state index contributed by atoms with van der Waals surface area (Å²) in [6.45, 7) is 0. The van der Waals surface area contributed by atoms with E-state index >= 15 is 0 Å². The zero-order chi connectivity index (χ0) is 22.0. The van der Waals surface area contributed by atoms with Gasteiger partial charge >= 0.3 is 0 Å². The maximum Gasteiger partial charge on any atom is 0.242 e. The van der Waals surface area contributed by atoms with Gasteiger partial charge in [0.05, 0.1) is 26.2 Å². The first kappa shape index (κ1) is 21.5. The highest BCUT2D eigenvalue weighted by Crippen LogP contribution is 2.30. The Morgan fingerprint density at radius 1 is 1.10 bits per heavy atom. The first-order chi connectivity index (χ1) is 14.9. The molecule has 4 rings (SSSR count). The fourth-order valence-electron chi connectivity index (χ4n) is 2.90. The maximum absolute atomic E-state index is 12.5. The molecular weight excluding hydrogens is 452 g/mol. The molecule has 2 aromatic carbocycles. The van der Waals surface area contributed by atoms with E-state index < -0.39 is 10.0 Å². The van der Waals surface area contributed by atoms with Gasteiger partial charge in [0.15, 0.2) is 0 Å². The summed E-state index contributed by atoms with van der Waals surface area (Å²) in [7, 11) is -0.620. The van der Waals surface area contributed by atoms with Gasteiger partial charge in [-0.25, -0.2) is 17.4 Å². The molecule has 0 fully saturated rings. The van der Waals surface area contributed by atoms with Crippen LogP contribution >= 0.6 is 22.9 Å². The molecule has 0 spiro atoms. The molecule has 0 saturated carbocycles. The third kappa shape index (κ3) is 4.47. The lowest BCUT2D eigenvalue weighted by atomic mass is 10.2. The largest absolute Gasteiger partial charge is 0.255 e. The van der Waals surface area contributed by atoms with Crippen molar-refractivity contribution in [2.24, 2.45) is 4.99 Å². The third-order valence-corrected chi connectivity index (χ3v) is 7.56. The van der Waals surface area contributed by atoms with Crippen molar-refractivity contribution in [3.05, 3.63) is 82.8 Å². The lowest BCUT2D eigenvalue weighted by molar-refractivity contribution is 0.521. The van der Waals surface area contributed by atoms with Crippen LogP contribution in [0.25, 0.3) is 16.3 Å². The second kappa shape index (κ2) is 8.76. The van der Waals surface area contributed by atoms with Gasteiger partial charge in [-0.3, -0.25) is 4.99 Å². The van der Waals surface area contributed by atoms with Gasteiger partial charge in [0.2, 0.25) is 10.0 Å². The minimum Gasteiger partial charge on any atom is -0.255 e. The number of thiophene rings is 1. The molecule has 0 aliphatic heterocycles. The number of nitrogens with zero attached hydrogens (tertiary/aromatic N) is 4. The number of halogens is 1. The highest BCUT2D eigenvalue weighted by molar-refractivity contribution is 7.89. The van der Waals surface area contributed by atoms with E-state index in [9.17, 15) is 8.42 Å². The second-order valence-electron chi connectivity index (χ2n) is 6.85. The summed E-state index contributed by atoms with van der Waals surface area (Å²) >= 11 is 7.88. The fourth-order valence-corrected chi connectivity index (χ4v) is 4.72. The van der Waals surface area contributed by atoms with Gasteiger partial charge in [-0.05, 0) is 41.8 Å². The molecule has 0 aliphatic rings. The summed E-state index contributed by atoms with van der Waals surface area (Å²) in [6, 6.07) is 18.2. The van der Waals surface area contributed by atoms with Crippen molar-refractivity contribution in [2.45, 2.75) is 4.90 Å². The van der Waals surface area contributed by atoms with Crippen molar-refractivity contribution in [1.29, 1.82) is 0 Å². The molecule has 6 nitrogen and oxygen atoms in total. The average molecular weight is 471 g/mol. The summed E-state index contributed by atoms with van der Waals surface area (Å²) in [5.74, 6) is 0. The Morgan fingerprint density at radius 3 is 2.55 bits per heavy atom. The van der Waals surface area contributed by atoms with Crippen LogP contribution in [0.15, 0.2) is 82.1 Å². The van der Waals surface area contributed by atoms with Crippen LogP contribution in [0.5, 0.6) is 0 Å². The molecule has 0 radical (unpaired) electrons. The van der Waals surface area contributed by atoms with E-state index in [4.69, 9.17) is 16.7 Å². The summed E-state index contributed by atoms with van der Waals surface area (Å²) in [5.41, 5.74) is 2.88. The van der Waals surface area contributed by atoms with E-state index in [1.54, 1.807) is 22.2 Å². The Balaban J connectivity index is 1.77. The molecule has 158 valence electrons. The molecule has 0 aliphatic carbocycles. The molecule has 0 unspecified atom stereocenters. The number of sulfonamides is 1. The number of aliphatic imine (C=N–C) groups is 1. The number of hydrogen-bond donors (Lipinski definition) is 0. The number of hydrogen-bond acceptors (Lipinski definition) is 5. The van der Waals surface area contributed by atoms with E-state index in [1.165, 1.54) is 32.3 Å². The van der Waals surface area contributed by atoms with Crippen molar-refractivity contribution in [3.8, 4) is 16.3 Å². The Kier molecular flexibility index (Phi) is 6.06. The zero-order valence-electron chi connectivity index (χ0n) is 16.8. The molecule has 0 saturated heterocycles. The molecule has 2 heterocycles. The highest BCUT2D eigenvalue weighted by Gasteiger charge is 2.18. The van der Waals surface area contributed by atoms with E-state index in [-0.39, 0.29) is 4.90 Å². The van der Waals surface area contributed by atoms with Gasteiger partial charge in [0, 0.05) is 32.1 Å². The van der Waals surface area contributed by atoms with Crippen molar-refractivity contribution in [3.63, 3.8) is 0 Å². The van der Waals surface area contributed by atoms with Crippen LogP contribution in [0.3, 0.4) is 0 Å². The van der Waals surface area contributed by atoms with Gasteiger partial charge in [0.25, 0.3) is 0 Å². The lowest BCUT2D eigenvalue weighted by Gasteiger charge is -2.11. The van der Waals surface area contributed by atoms with Gasteiger partial charge in [-0.2, -0.15) is 5.10 Å². The van der Waals surface area contributed by atoms with Gasteiger partial charge in [-0.15, -0.1) is 11.3 Å². The van der Waals surface area contributed by atoms with E-state index in [1.807, 2.05) is 54.0 Å². The maximum atomic E-state index is 12.5. The Hall–Kier alpha value is -2.78. The molecular formula is C22H19ClN4O2S2. The molecule has 31 heavy (non-hydrogen) atoms. The first-order valence-corrected chi connectivity index (χ1v) is 12.0. The monoisotopic (exact) mass is 470 g/mol. The van der Waals surface area contributed by atoms with Crippen LogP contribution in [0.4, 0.5) is 5.69 Å². The van der Waals surface area contributed by atoms with Crippen LogP contribution in [0, 0.1) is 0 Å². The van der Waals surface area contributed by atoms with Gasteiger partial charge in [-0.1, -0.05) is 35.9 Å².